The van der Waals surface area contributed by atoms with Crippen molar-refractivity contribution >= 4 is 11.7 Å². The minimum Gasteiger partial charge on any atom is -0.323 e. The van der Waals surface area contributed by atoms with Gasteiger partial charge in [0.25, 0.3) is 0 Å². The maximum absolute atomic E-state index is 12.5. The van der Waals surface area contributed by atoms with E-state index in [-0.39, 0.29) is 6.03 Å². The third-order valence-corrected chi connectivity index (χ3v) is 5.43. The molecule has 0 radical (unpaired) electrons. The molecule has 130 valence electrons. The summed E-state index contributed by atoms with van der Waals surface area (Å²) in [6, 6.07) is 17.2. The van der Waals surface area contributed by atoms with Crippen LogP contribution < -0.4 is 5.32 Å². The van der Waals surface area contributed by atoms with Gasteiger partial charge in [-0.1, -0.05) is 42.0 Å². The van der Waals surface area contributed by atoms with Crippen molar-refractivity contribution in [1.29, 1.82) is 0 Å². The highest BCUT2D eigenvalue weighted by Crippen LogP contribution is 2.24. The number of fused-ring (bicyclic) bond motifs is 1. The standard InChI is InChI=1S/C21H25N3O/c1-16-6-8-19(9-7-16)22-21(25)24-13-11-20(15-24)23-12-10-17-4-2-3-5-18(17)14-23/h2-9,20H,10-15H2,1H3,(H,22,25). The molecule has 1 unspecified atom stereocenters. The maximum atomic E-state index is 12.5. The number of hydrogen-bond donors (Lipinski definition) is 1. The lowest BCUT2D eigenvalue weighted by molar-refractivity contribution is 0.177. The van der Waals surface area contributed by atoms with Crippen molar-refractivity contribution in [3.63, 3.8) is 0 Å². The SMILES string of the molecule is Cc1ccc(NC(=O)N2CCC(N3CCc4ccccc4C3)C2)cc1. The number of amides is 2. The van der Waals surface area contributed by atoms with Crippen molar-refractivity contribution in [3.8, 4) is 0 Å². The zero-order valence-electron chi connectivity index (χ0n) is 14.7. The second kappa shape index (κ2) is 6.89. The molecule has 2 aromatic carbocycles. The second-order valence-corrected chi connectivity index (χ2v) is 7.17. The predicted molar refractivity (Wildman–Crippen MR) is 101 cm³/mol. The molecule has 0 aromatic heterocycles. The lowest BCUT2D eigenvalue weighted by Gasteiger charge is -2.33. The number of rotatable bonds is 2. The molecule has 4 rings (SSSR count). The number of aryl methyl sites for hydroxylation is 1. The molecule has 1 atom stereocenters. The number of hydrogen-bond acceptors (Lipinski definition) is 2. The molecule has 1 fully saturated rings. The van der Waals surface area contributed by atoms with E-state index >= 15 is 0 Å². The number of nitrogens with one attached hydrogen (secondary N) is 1. The smallest absolute Gasteiger partial charge is 0.321 e. The fourth-order valence-corrected chi connectivity index (χ4v) is 3.89. The van der Waals surface area contributed by atoms with Crippen LogP contribution in [0, 0.1) is 6.92 Å². The van der Waals surface area contributed by atoms with Crippen molar-refractivity contribution in [3.05, 3.63) is 65.2 Å². The summed E-state index contributed by atoms with van der Waals surface area (Å²) in [4.78, 5) is 17.0. The van der Waals surface area contributed by atoms with Crippen LogP contribution in [0.2, 0.25) is 0 Å². The summed E-state index contributed by atoms with van der Waals surface area (Å²) < 4.78 is 0. The fraction of sp³-hybridized carbons (Fsp3) is 0.381. The molecule has 2 amide bonds. The molecular formula is C21H25N3O. The monoisotopic (exact) mass is 335 g/mol. The summed E-state index contributed by atoms with van der Waals surface area (Å²) in [6.45, 7) is 5.80. The average Bonchev–Trinajstić information content (AvgIpc) is 3.13. The average molecular weight is 335 g/mol. The van der Waals surface area contributed by atoms with E-state index in [1.807, 2.05) is 36.1 Å². The third kappa shape index (κ3) is 3.54. The molecule has 2 aliphatic heterocycles. The Morgan fingerprint density at radius 2 is 1.80 bits per heavy atom. The Morgan fingerprint density at radius 1 is 1.04 bits per heavy atom. The molecule has 25 heavy (non-hydrogen) atoms. The molecular weight excluding hydrogens is 310 g/mol. The first-order valence-corrected chi connectivity index (χ1v) is 9.12. The summed E-state index contributed by atoms with van der Waals surface area (Å²) >= 11 is 0. The van der Waals surface area contributed by atoms with E-state index in [1.54, 1.807) is 0 Å². The summed E-state index contributed by atoms with van der Waals surface area (Å²) in [5, 5.41) is 3.02. The van der Waals surface area contributed by atoms with Gasteiger partial charge in [-0.05, 0) is 43.0 Å². The van der Waals surface area contributed by atoms with E-state index in [0.29, 0.717) is 6.04 Å². The quantitative estimate of drug-likeness (QED) is 0.909. The zero-order chi connectivity index (χ0) is 17.2. The lowest BCUT2D eigenvalue weighted by Crippen LogP contribution is -2.42. The Hall–Kier alpha value is -2.33. The summed E-state index contributed by atoms with van der Waals surface area (Å²) in [5.74, 6) is 0. The Labute approximate surface area is 149 Å². The minimum atomic E-state index is 0.0174. The Bertz CT molecular complexity index is 756. The number of benzene rings is 2. The van der Waals surface area contributed by atoms with Crippen molar-refractivity contribution < 1.29 is 4.79 Å². The molecule has 1 saturated heterocycles. The topological polar surface area (TPSA) is 35.6 Å². The number of carbonyl (C=O) groups excluding carboxylic acids is 1. The van der Waals surface area contributed by atoms with Crippen molar-refractivity contribution in [2.24, 2.45) is 0 Å². The van der Waals surface area contributed by atoms with Gasteiger partial charge in [0.2, 0.25) is 0 Å². The fourth-order valence-electron chi connectivity index (χ4n) is 3.89. The van der Waals surface area contributed by atoms with E-state index in [9.17, 15) is 4.79 Å². The highest BCUT2D eigenvalue weighted by atomic mass is 16.2. The molecule has 4 heteroatoms. The number of anilines is 1. The van der Waals surface area contributed by atoms with Crippen molar-refractivity contribution in [2.45, 2.75) is 32.4 Å². The molecule has 2 heterocycles. The summed E-state index contributed by atoms with van der Waals surface area (Å²) in [5.41, 5.74) is 4.98. The second-order valence-electron chi connectivity index (χ2n) is 7.17. The van der Waals surface area contributed by atoms with Crippen LogP contribution in [0.15, 0.2) is 48.5 Å². The van der Waals surface area contributed by atoms with Gasteiger partial charge in [0.1, 0.15) is 0 Å². The van der Waals surface area contributed by atoms with Crippen LogP contribution in [0.4, 0.5) is 10.5 Å². The minimum absolute atomic E-state index is 0.0174. The van der Waals surface area contributed by atoms with Crippen LogP contribution in [0.1, 0.15) is 23.1 Å². The molecule has 0 saturated carbocycles. The normalized spacial score (nSPS) is 20.4. The summed E-state index contributed by atoms with van der Waals surface area (Å²) in [7, 11) is 0. The Morgan fingerprint density at radius 3 is 2.60 bits per heavy atom. The molecule has 0 spiro atoms. The third-order valence-electron chi connectivity index (χ3n) is 5.43. The van der Waals surface area contributed by atoms with Gasteiger partial charge in [-0.2, -0.15) is 0 Å². The van der Waals surface area contributed by atoms with E-state index in [2.05, 4.69) is 34.5 Å². The molecule has 0 bridgehead atoms. The van der Waals surface area contributed by atoms with Crippen LogP contribution >= 0.6 is 0 Å². The van der Waals surface area contributed by atoms with Crippen LogP contribution in [0.25, 0.3) is 0 Å². The van der Waals surface area contributed by atoms with Gasteiger partial charge in [0.15, 0.2) is 0 Å². The van der Waals surface area contributed by atoms with Crippen LogP contribution in [-0.2, 0) is 13.0 Å². The lowest BCUT2D eigenvalue weighted by atomic mass is 9.98. The molecule has 0 aliphatic carbocycles. The number of urea groups is 1. The van der Waals surface area contributed by atoms with E-state index in [4.69, 9.17) is 0 Å². The summed E-state index contributed by atoms with van der Waals surface area (Å²) in [6.07, 6.45) is 2.17. The first-order chi connectivity index (χ1) is 12.2. The van der Waals surface area contributed by atoms with E-state index in [1.165, 1.54) is 16.7 Å². The van der Waals surface area contributed by atoms with Gasteiger partial charge < -0.3 is 10.2 Å². The van der Waals surface area contributed by atoms with Gasteiger partial charge in [0, 0.05) is 37.9 Å². The largest absolute Gasteiger partial charge is 0.323 e. The first kappa shape index (κ1) is 16.2. The van der Waals surface area contributed by atoms with Crippen LogP contribution in [0.3, 0.4) is 0 Å². The van der Waals surface area contributed by atoms with Crippen molar-refractivity contribution in [1.82, 2.24) is 9.80 Å². The van der Waals surface area contributed by atoms with Gasteiger partial charge in [-0.25, -0.2) is 4.79 Å². The number of carbonyl (C=O) groups is 1. The van der Waals surface area contributed by atoms with E-state index < -0.39 is 0 Å². The van der Waals surface area contributed by atoms with Gasteiger partial charge in [0.05, 0.1) is 0 Å². The first-order valence-electron chi connectivity index (χ1n) is 9.12. The predicted octanol–water partition coefficient (Wildman–Crippen LogP) is 3.66. The van der Waals surface area contributed by atoms with Gasteiger partial charge in [-0.15, -0.1) is 0 Å². The van der Waals surface area contributed by atoms with Gasteiger partial charge >= 0.3 is 6.03 Å². The molecule has 2 aromatic rings. The van der Waals surface area contributed by atoms with E-state index in [0.717, 1.165) is 44.7 Å². The number of likely N-dealkylation sites (tertiary alicyclic amines) is 1. The zero-order valence-corrected chi connectivity index (χ0v) is 14.7. The molecule has 2 aliphatic rings. The molecule has 1 N–H and O–H groups in total. The highest BCUT2D eigenvalue weighted by Gasteiger charge is 2.31. The van der Waals surface area contributed by atoms with Crippen molar-refractivity contribution in [2.75, 3.05) is 25.0 Å². The maximum Gasteiger partial charge on any atom is 0.321 e. The van der Waals surface area contributed by atoms with Crippen LogP contribution in [-0.4, -0.2) is 41.5 Å². The van der Waals surface area contributed by atoms with Gasteiger partial charge in [-0.3, -0.25) is 4.90 Å². The Kier molecular flexibility index (Phi) is 4.45. The highest BCUT2D eigenvalue weighted by molar-refractivity contribution is 5.89. The molecule has 4 nitrogen and oxygen atoms in total. The number of nitrogens with zero attached hydrogens (tertiary/aromatic N) is 2. The van der Waals surface area contributed by atoms with Crippen LogP contribution in [0.5, 0.6) is 0 Å². The Balaban J connectivity index is 1.35.